The van der Waals surface area contributed by atoms with Crippen molar-refractivity contribution in [1.29, 1.82) is 0 Å². The van der Waals surface area contributed by atoms with E-state index < -0.39 is 0 Å². The molecule has 1 aliphatic heterocycles. The van der Waals surface area contributed by atoms with Gasteiger partial charge in [-0.2, -0.15) is 0 Å². The van der Waals surface area contributed by atoms with Crippen molar-refractivity contribution in [3.05, 3.63) is 0 Å². The summed E-state index contributed by atoms with van der Waals surface area (Å²) in [5.74, 6) is 0.657. The Morgan fingerprint density at radius 3 is 2.82 bits per heavy atom. The van der Waals surface area contributed by atoms with Crippen LogP contribution in [0.2, 0.25) is 0 Å². The van der Waals surface area contributed by atoms with Crippen LogP contribution in [0.4, 0.5) is 0 Å². The monoisotopic (exact) mass is 260 g/mol. The van der Waals surface area contributed by atoms with Crippen molar-refractivity contribution in [2.24, 2.45) is 0 Å². The molecule has 0 bridgehead atoms. The Labute approximate surface area is 106 Å². The topological polar surface area (TPSA) is 67.4 Å². The third-order valence-corrected chi connectivity index (χ3v) is 3.69. The average Bonchev–Trinajstić information content (AvgIpc) is 2.78. The van der Waals surface area contributed by atoms with Crippen LogP contribution in [0.15, 0.2) is 0 Å². The number of thioether (sulfide) groups is 1. The zero-order valence-corrected chi connectivity index (χ0v) is 11.1. The highest BCUT2D eigenvalue weighted by atomic mass is 32.2. The fourth-order valence-electron chi connectivity index (χ4n) is 1.47. The highest BCUT2D eigenvalue weighted by molar-refractivity contribution is 8.00. The molecular weight excluding hydrogens is 240 g/mol. The first-order valence-electron chi connectivity index (χ1n) is 5.88. The van der Waals surface area contributed by atoms with E-state index in [1.54, 1.807) is 0 Å². The number of ketones is 1. The minimum Gasteiger partial charge on any atom is -0.380 e. The maximum Gasteiger partial charge on any atom is 0.238 e. The summed E-state index contributed by atoms with van der Waals surface area (Å²) < 4.78 is 5.26. The van der Waals surface area contributed by atoms with Gasteiger partial charge < -0.3 is 10.1 Å². The van der Waals surface area contributed by atoms with Crippen molar-refractivity contribution in [2.75, 3.05) is 25.5 Å². The van der Waals surface area contributed by atoms with Crippen LogP contribution < -0.4 is 10.6 Å². The van der Waals surface area contributed by atoms with Gasteiger partial charge in [0.15, 0.2) is 5.78 Å². The van der Waals surface area contributed by atoms with Gasteiger partial charge in [-0.3, -0.25) is 14.9 Å². The number of hydrogen-bond acceptors (Lipinski definition) is 5. The second kappa shape index (κ2) is 7.68. The van der Waals surface area contributed by atoms with Gasteiger partial charge in [-0.05, 0) is 13.3 Å². The average molecular weight is 260 g/mol. The Morgan fingerprint density at radius 1 is 1.47 bits per heavy atom. The second-order valence-corrected chi connectivity index (χ2v) is 5.08. The van der Waals surface area contributed by atoms with E-state index in [-0.39, 0.29) is 23.1 Å². The lowest BCUT2D eigenvalue weighted by Crippen LogP contribution is -2.46. The van der Waals surface area contributed by atoms with Crippen LogP contribution in [-0.4, -0.2) is 48.6 Å². The van der Waals surface area contributed by atoms with E-state index in [2.05, 4.69) is 10.6 Å². The summed E-state index contributed by atoms with van der Waals surface area (Å²) in [5.41, 5.74) is 0. The smallest absolute Gasteiger partial charge is 0.238 e. The summed E-state index contributed by atoms with van der Waals surface area (Å²) in [4.78, 5) is 22.8. The fourth-order valence-corrected chi connectivity index (χ4v) is 2.60. The van der Waals surface area contributed by atoms with Crippen LogP contribution in [0.25, 0.3) is 0 Å². The summed E-state index contributed by atoms with van der Waals surface area (Å²) in [6, 6.07) is -0.264. The minimum absolute atomic E-state index is 0.0543. The summed E-state index contributed by atoms with van der Waals surface area (Å²) in [6.45, 7) is 5.35. The minimum atomic E-state index is -0.264. The highest BCUT2D eigenvalue weighted by Crippen LogP contribution is 2.19. The van der Waals surface area contributed by atoms with E-state index in [1.165, 1.54) is 18.7 Å². The maximum absolute atomic E-state index is 11.7. The number of Topliss-reactive ketones (excluding diaryl/α,β-unsaturated/α-hetero) is 1. The number of hydrogen-bond donors (Lipinski definition) is 2. The molecule has 1 saturated heterocycles. The molecule has 2 N–H and O–H groups in total. The van der Waals surface area contributed by atoms with Crippen LogP contribution in [0.3, 0.4) is 0 Å². The molecule has 0 aromatic heterocycles. The van der Waals surface area contributed by atoms with Gasteiger partial charge in [0, 0.05) is 18.9 Å². The van der Waals surface area contributed by atoms with Crippen molar-refractivity contribution < 1.29 is 14.3 Å². The van der Waals surface area contributed by atoms with Crippen molar-refractivity contribution in [3.63, 3.8) is 0 Å². The first-order chi connectivity index (χ1) is 8.15. The van der Waals surface area contributed by atoms with Crippen molar-refractivity contribution >= 4 is 23.5 Å². The summed E-state index contributed by atoms with van der Waals surface area (Å²) in [5, 5.41) is 5.56. The van der Waals surface area contributed by atoms with Gasteiger partial charge in [0.2, 0.25) is 5.91 Å². The molecule has 2 atom stereocenters. The van der Waals surface area contributed by atoms with Crippen LogP contribution in [-0.2, 0) is 14.3 Å². The molecule has 17 heavy (non-hydrogen) atoms. The number of carbonyl (C=O) groups excluding carboxylic acids is 2. The Morgan fingerprint density at radius 2 is 2.24 bits per heavy atom. The van der Waals surface area contributed by atoms with Gasteiger partial charge in [-0.25, -0.2) is 0 Å². The van der Waals surface area contributed by atoms with E-state index in [0.717, 1.165) is 13.0 Å². The predicted molar refractivity (Wildman–Crippen MR) is 68.0 cm³/mol. The molecule has 0 spiro atoms. The van der Waals surface area contributed by atoms with E-state index >= 15 is 0 Å². The van der Waals surface area contributed by atoms with Gasteiger partial charge in [0.1, 0.15) is 5.37 Å². The summed E-state index contributed by atoms with van der Waals surface area (Å²) >= 11 is 1.48. The lowest BCUT2D eigenvalue weighted by atomic mass is 10.3. The third kappa shape index (κ3) is 5.06. The molecule has 1 aliphatic rings. The largest absolute Gasteiger partial charge is 0.380 e. The number of amides is 1. The Hall–Kier alpha value is -0.590. The van der Waals surface area contributed by atoms with Crippen molar-refractivity contribution in [3.8, 4) is 0 Å². The van der Waals surface area contributed by atoms with E-state index in [4.69, 9.17) is 4.74 Å². The third-order valence-electron chi connectivity index (χ3n) is 2.36. The molecule has 1 rings (SSSR count). The molecule has 1 amide bonds. The molecule has 98 valence electrons. The number of ether oxygens (including phenoxy) is 1. The van der Waals surface area contributed by atoms with E-state index in [0.29, 0.717) is 18.9 Å². The standard InChI is InChI=1S/C11H20N2O3S/c1-3-5-16-6-4-12-10(15)9-7-17-11(13-9)8(2)14/h9,11,13H,3-7H2,1-2H3,(H,12,15). The first kappa shape index (κ1) is 14.5. The van der Waals surface area contributed by atoms with Crippen molar-refractivity contribution in [1.82, 2.24) is 10.6 Å². The summed E-state index contributed by atoms with van der Waals surface area (Å²) in [7, 11) is 0. The molecule has 6 heteroatoms. The Balaban J connectivity index is 2.14. The summed E-state index contributed by atoms with van der Waals surface area (Å²) in [6.07, 6.45) is 0.981. The molecule has 2 unspecified atom stereocenters. The van der Waals surface area contributed by atoms with Gasteiger partial charge in [0.25, 0.3) is 0 Å². The van der Waals surface area contributed by atoms with Crippen molar-refractivity contribution in [2.45, 2.75) is 31.7 Å². The zero-order valence-electron chi connectivity index (χ0n) is 10.3. The lowest BCUT2D eigenvalue weighted by molar-refractivity contribution is -0.123. The van der Waals surface area contributed by atoms with Gasteiger partial charge in [-0.1, -0.05) is 6.92 Å². The molecule has 0 aliphatic carbocycles. The second-order valence-electron chi connectivity index (χ2n) is 3.95. The first-order valence-corrected chi connectivity index (χ1v) is 6.93. The molecule has 0 aromatic rings. The molecule has 1 heterocycles. The Bertz CT molecular complexity index is 273. The molecule has 0 aromatic carbocycles. The van der Waals surface area contributed by atoms with Gasteiger partial charge >= 0.3 is 0 Å². The molecule has 0 saturated carbocycles. The van der Waals surface area contributed by atoms with E-state index in [1.807, 2.05) is 6.92 Å². The number of carbonyl (C=O) groups is 2. The lowest BCUT2D eigenvalue weighted by Gasteiger charge is -2.12. The number of nitrogens with one attached hydrogen (secondary N) is 2. The molecule has 1 fully saturated rings. The van der Waals surface area contributed by atoms with Crippen LogP contribution in [0, 0.1) is 0 Å². The van der Waals surface area contributed by atoms with Crippen LogP contribution in [0.1, 0.15) is 20.3 Å². The quantitative estimate of drug-likeness (QED) is 0.638. The molecular formula is C11H20N2O3S. The highest BCUT2D eigenvalue weighted by Gasteiger charge is 2.31. The molecule has 0 radical (unpaired) electrons. The normalized spacial score (nSPS) is 23.6. The predicted octanol–water partition coefficient (Wildman–Crippen LogP) is 0.149. The van der Waals surface area contributed by atoms with Gasteiger partial charge in [0.05, 0.1) is 12.6 Å². The maximum atomic E-state index is 11.7. The van der Waals surface area contributed by atoms with E-state index in [9.17, 15) is 9.59 Å². The SMILES string of the molecule is CCCOCCNC(=O)C1CSC(C(C)=O)N1. The molecule has 5 nitrogen and oxygen atoms in total. The van der Waals surface area contributed by atoms with Crippen LogP contribution in [0.5, 0.6) is 0 Å². The Kier molecular flexibility index (Phi) is 6.54. The number of rotatable bonds is 7. The van der Waals surface area contributed by atoms with Crippen LogP contribution >= 0.6 is 11.8 Å². The zero-order chi connectivity index (χ0) is 12.7. The fraction of sp³-hybridized carbons (Fsp3) is 0.818. The van der Waals surface area contributed by atoms with Gasteiger partial charge in [-0.15, -0.1) is 11.8 Å².